The monoisotopic (exact) mass is 414 g/mol. The molecule has 1 heterocycles. The van der Waals surface area contributed by atoms with Gasteiger partial charge in [0.25, 0.3) is 0 Å². The number of benzene rings is 1. The predicted molar refractivity (Wildman–Crippen MR) is 100 cm³/mol. The van der Waals surface area contributed by atoms with Crippen LogP contribution in [0.25, 0.3) is 0 Å². The summed E-state index contributed by atoms with van der Waals surface area (Å²) < 4.78 is 31.8. The first-order chi connectivity index (χ1) is 12.8. The normalized spacial score (nSPS) is 19.3. The van der Waals surface area contributed by atoms with Gasteiger partial charge in [-0.3, -0.25) is 4.79 Å². The zero-order chi connectivity index (χ0) is 19.6. The highest BCUT2D eigenvalue weighted by Gasteiger charge is 2.34. The second-order valence-corrected chi connectivity index (χ2v) is 9.16. The molecule has 0 unspecified atom stereocenters. The fourth-order valence-corrected chi connectivity index (χ4v) is 5.61. The topological polar surface area (TPSA) is 84.0 Å². The van der Waals surface area contributed by atoms with Crippen molar-refractivity contribution in [2.75, 3.05) is 33.3 Å². The highest BCUT2D eigenvalue weighted by Crippen LogP contribution is 2.29. The van der Waals surface area contributed by atoms with Gasteiger partial charge in [0.15, 0.2) is 0 Å². The number of nitrogens with zero attached hydrogens (tertiary/aromatic N) is 2. The van der Waals surface area contributed by atoms with Gasteiger partial charge in [-0.15, -0.1) is 0 Å². The zero-order valence-electron chi connectivity index (χ0n) is 15.2. The summed E-state index contributed by atoms with van der Waals surface area (Å²) in [5, 5.41) is -0.0256. The molecule has 0 N–H and O–H groups in total. The Morgan fingerprint density at radius 1 is 1.11 bits per heavy atom. The molecule has 9 heteroatoms. The van der Waals surface area contributed by atoms with E-state index in [4.69, 9.17) is 11.6 Å². The number of hydrogen-bond acceptors (Lipinski definition) is 5. The molecule has 148 valence electrons. The minimum absolute atomic E-state index is 0.0256. The van der Waals surface area contributed by atoms with Gasteiger partial charge in [0.1, 0.15) is 4.90 Å². The van der Waals surface area contributed by atoms with Gasteiger partial charge in [0, 0.05) is 32.1 Å². The lowest BCUT2D eigenvalue weighted by Gasteiger charge is -2.35. The summed E-state index contributed by atoms with van der Waals surface area (Å²) in [5.74, 6) is -0.349. The molecule has 27 heavy (non-hydrogen) atoms. The van der Waals surface area contributed by atoms with E-state index in [-0.39, 0.29) is 40.4 Å². The van der Waals surface area contributed by atoms with Crippen molar-refractivity contribution >= 4 is 33.5 Å². The molecule has 7 nitrogen and oxygen atoms in total. The van der Waals surface area contributed by atoms with Crippen molar-refractivity contribution < 1.29 is 22.7 Å². The summed E-state index contributed by atoms with van der Waals surface area (Å²) in [6.07, 6.45) is 4.04. The van der Waals surface area contributed by atoms with Gasteiger partial charge in [-0.1, -0.05) is 24.4 Å². The summed E-state index contributed by atoms with van der Waals surface area (Å²) in [4.78, 5) is 25.8. The number of carbonyl (C=O) groups excluding carboxylic acids is 2. The molecule has 2 aliphatic rings. The van der Waals surface area contributed by atoms with Crippen molar-refractivity contribution in [3.05, 3.63) is 28.8 Å². The Bertz CT molecular complexity index is 828. The molecule has 1 aromatic rings. The van der Waals surface area contributed by atoms with Crippen LogP contribution < -0.4 is 0 Å². The lowest BCUT2D eigenvalue weighted by atomic mass is 10.1. The first-order valence-electron chi connectivity index (χ1n) is 9.01. The lowest BCUT2D eigenvalue weighted by molar-refractivity contribution is -0.136. The summed E-state index contributed by atoms with van der Waals surface area (Å²) in [5.41, 5.74) is 0.188. The largest absolute Gasteiger partial charge is 0.465 e. The third-order valence-corrected chi connectivity index (χ3v) is 7.61. The molecule has 0 spiro atoms. The van der Waals surface area contributed by atoms with Crippen LogP contribution in [0, 0.1) is 5.92 Å². The van der Waals surface area contributed by atoms with Crippen LogP contribution in [0.2, 0.25) is 5.02 Å². The highest BCUT2D eigenvalue weighted by molar-refractivity contribution is 7.89. The summed E-state index contributed by atoms with van der Waals surface area (Å²) in [7, 11) is -2.56. The summed E-state index contributed by atoms with van der Waals surface area (Å²) in [6.45, 7) is 1.23. The molecule has 1 aliphatic heterocycles. The molecule has 0 atom stereocenters. The van der Waals surface area contributed by atoms with Crippen molar-refractivity contribution in [3.63, 3.8) is 0 Å². The van der Waals surface area contributed by atoms with E-state index < -0.39 is 16.0 Å². The van der Waals surface area contributed by atoms with Crippen LogP contribution in [-0.4, -0.2) is 62.8 Å². The molecular formula is C18H23ClN2O5S. The molecule has 1 saturated heterocycles. The van der Waals surface area contributed by atoms with E-state index in [2.05, 4.69) is 4.74 Å². The first kappa shape index (κ1) is 20.1. The van der Waals surface area contributed by atoms with Crippen LogP contribution >= 0.6 is 11.6 Å². The lowest BCUT2D eigenvalue weighted by Crippen LogP contribution is -2.51. The molecule has 1 aliphatic carbocycles. The van der Waals surface area contributed by atoms with E-state index in [1.165, 1.54) is 29.6 Å². The van der Waals surface area contributed by atoms with Gasteiger partial charge in [0.2, 0.25) is 15.9 Å². The third kappa shape index (κ3) is 4.12. The standard InChI is InChI=1S/C18H23ClN2O5S/c1-26-18(23)14-6-7-16(15(19)12-14)27(24,25)21-10-8-20(9-11-21)17(22)13-4-2-3-5-13/h6-7,12-13H,2-5,8-11H2,1H3. The maximum absolute atomic E-state index is 12.9. The molecule has 1 aromatic carbocycles. The van der Waals surface area contributed by atoms with Crippen molar-refractivity contribution in [1.82, 2.24) is 9.21 Å². The van der Waals surface area contributed by atoms with E-state index in [0.29, 0.717) is 13.1 Å². The number of amides is 1. The smallest absolute Gasteiger partial charge is 0.337 e. The van der Waals surface area contributed by atoms with Gasteiger partial charge < -0.3 is 9.64 Å². The Kier molecular flexibility index (Phi) is 6.08. The van der Waals surface area contributed by atoms with E-state index >= 15 is 0 Å². The number of piperazine rings is 1. The van der Waals surface area contributed by atoms with Crippen LogP contribution in [0.15, 0.2) is 23.1 Å². The molecule has 3 rings (SSSR count). The number of hydrogen-bond donors (Lipinski definition) is 0. The SMILES string of the molecule is COC(=O)c1ccc(S(=O)(=O)N2CCN(C(=O)C3CCCC3)CC2)c(Cl)c1. The molecule has 1 amide bonds. The number of methoxy groups -OCH3 is 1. The third-order valence-electron chi connectivity index (χ3n) is 5.23. The van der Waals surface area contributed by atoms with Crippen LogP contribution in [0.4, 0.5) is 0 Å². The molecule has 0 bridgehead atoms. The highest BCUT2D eigenvalue weighted by atomic mass is 35.5. The van der Waals surface area contributed by atoms with E-state index in [1.807, 2.05) is 0 Å². The Morgan fingerprint density at radius 2 is 1.74 bits per heavy atom. The average molecular weight is 415 g/mol. The Morgan fingerprint density at radius 3 is 2.30 bits per heavy atom. The molecule has 1 saturated carbocycles. The van der Waals surface area contributed by atoms with Crippen LogP contribution in [0.1, 0.15) is 36.0 Å². The number of halogens is 1. The van der Waals surface area contributed by atoms with Crippen LogP contribution in [0.3, 0.4) is 0 Å². The number of carbonyl (C=O) groups is 2. The Hall–Kier alpha value is -1.64. The van der Waals surface area contributed by atoms with Crippen LogP contribution in [0.5, 0.6) is 0 Å². The fourth-order valence-electron chi connectivity index (χ4n) is 3.67. The number of sulfonamides is 1. The van der Waals surface area contributed by atoms with E-state index in [0.717, 1.165) is 25.7 Å². The fraction of sp³-hybridized carbons (Fsp3) is 0.556. The van der Waals surface area contributed by atoms with Gasteiger partial charge in [0.05, 0.1) is 17.7 Å². The quantitative estimate of drug-likeness (QED) is 0.705. The average Bonchev–Trinajstić information content (AvgIpc) is 3.21. The molecule has 0 radical (unpaired) electrons. The van der Waals surface area contributed by atoms with Crippen molar-refractivity contribution in [3.8, 4) is 0 Å². The van der Waals surface area contributed by atoms with Gasteiger partial charge in [-0.25, -0.2) is 13.2 Å². The number of ether oxygens (including phenoxy) is 1. The van der Waals surface area contributed by atoms with Crippen molar-refractivity contribution in [2.24, 2.45) is 5.92 Å². The number of esters is 1. The van der Waals surface area contributed by atoms with Crippen LogP contribution in [-0.2, 0) is 19.6 Å². The second kappa shape index (κ2) is 8.16. The number of rotatable bonds is 4. The maximum Gasteiger partial charge on any atom is 0.337 e. The minimum Gasteiger partial charge on any atom is -0.465 e. The van der Waals surface area contributed by atoms with E-state index in [1.54, 1.807) is 4.90 Å². The Balaban J connectivity index is 1.69. The summed E-state index contributed by atoms with van der Waals surface area (Å²) >= 11 is 6.12. The van der Waals surface area contributed by atoms with Gasteiger partial charge in [-0.05, 0) is 31.0 Å². The zero-order valence-corrected chi connectivity index (χ0v) is 16.8. The van der Waals surface area contributed by atoms with Crippen molar-refractivity contribution in [1.29, 1.82) is 0 Å². The predicted octanol–water partition coefficient (Wildman–Crippen LogP) is 2.15. The van der Waals surface area contributed by atoms with E-state index in [9.17, 15) is 18.0 Å². The molecule has 2 fully saturated rings. The second-order valence-electron chi connectivity index (χ2n) is 6.85. The maximum atomic E-state index is 12.9. The van der Waals surface area contributed by atoms with Crippen molar-refractivity contribution in [2.45, 2.75) is 30.6 Å². The molecule has 0 aromatic heterocycles. The molecular weight excluding hydrogens is 392 g/mol. The Labute approximate surface area is 164 Å². The van der Waals surface area contributed by atoms with Gasteiger partial charge in [-0.2, -0.15) is 4.31 Å². The van der Waals surface area contributed by atoms with Gasteiger partial charge >= 0.3 is 5.97 Å². The summed E-state index contributed by atoms with van der Waals surface area (Å²) in [6, 6.07) is 3.99. The first-order valence-corrected chi connectivity index (χ1v) is 10.8. The minimum atomic E-state index is -3.80.